The Kier molecular flexibility index (Phi) is 4.05. The molecule has 130 valence electrons. The number of benzene rings is 3. The lowest BCUT2D eigenvalue weighted by Gasteiger charge is -2.23. The quantitative estimate of drug-likeness (QED) is 0.759. The first-order chi connectivity index (χ1) is 12.6. The number of fused-ring (bicyclic) bond motifs is 2. The minimum absolute atomic E-state index is 0.114. The predicted octanol–water partition coefficient (Wildman–Crippen LogP) is 3.74. The molecule has 1 atom stereocenters. The third kappa shape index (κ3) is 3.24. The Labute approximate surface area is 151 Å². The van der Waals surface area contributed by atoms with E-state index in [4.69, 9.17) is 4.74 Å². The van der Waals surface area contributed by atoms with Gasteiger partial charge in [-0.2, -0.15) is 0 Å². The molecule has 2 amide bonds. The Hall–Kier alpha value is -3.34. The van der Waals surface area contributed by atoms with Crippen LogP contribution in [0.3, 0.4) is 0 Å². The van der Waals surface area contributed by atoms with Gasteiger partial charge in [-0.1, -0.05) is 42.5 Å². The van der Waals surface area contributed by atoms with Crippen LogP contribution in [0, 0.1) is 0 Å². The van der Waals surface area contributed by atoms with Crippen molar-refractivity contribution >= 4 is 34.0 Å². The van der Waals surface area contributed by atoms with E-state index in [0.29, 0.717) is 17.1 Å². The Morgan fingerprint density at radius 2 is 1.88 bits per heavy atom. The van der Waals surface area contributed by atoms with Crippen molar-refractivity contribution in [1.29, 1.82) is 0 Å². The highest BCUT2D eigenvalue weighted by atomic mass is 16.5. The van der Waals surface area contributed by atoms with E-state index in [-0.39, 0.29) is 18.2 Å². The smallest absolute Gasteiger partial charge is 0.265 e. The van der Waals surface area contributed by atoms with Gasteiger partial charge in [-0.25, -0.2) is 0 Å². The van der Waals surface area contributed by atoms with E-state index in [1.54, 1.807) is 25.1 Å². The fourth-order valence-corrected chi connectivity index (χ4v) is 3.03. The maximum Gasteiger partial charge on any atom is 0.265 e. The molecule has 0 bridgehead atoms. The van der Waals surface area contributed by atoms with Crippen LogP contribution in [0.15, 0.2) is 60.7 Å². The van der Waals surface area contributed by atoms with Crippen LogP contribution < -0.4 is 15.4 Å². The van der Waals surface area contributed by atoms with Crippen molar-refractivity contribution in [2.24, 2.45) is 0 Å². The molecule has 1 heterocycles. The van der Waals surface area contributed by atoms with Crippen LogP contribution in [0.1, 0.15) is 12.5 Å². The standard InChI is InChI=1S/C21H18N2O3/c1-13-21(25)23-18-12-17(8-9-19(18)26-13)22-20(24)11-14-6-7-15-4-2-3-5-16(15)10-14/h2-10,12-13H,11H2,1H3,(H,22,24)(H,23,25)/t13-/m0/s1. The fourth-order valence-electron chi connectivity index (χ4n) is 3.03. The molecule has 0 saturated carbocycles. The summed E-state index contributed by atoms with van der Waals surface area (Å²) in [5.41, 5.74) is 2.13. The predicted molar refractivity (Wildman–Crippen MR) is 101 cm³/mol. The number of anilines is 2. The highest BCUT2D eigenvalue weighted by molar-refractivity contribution is 5.99. The second-order valence-electron chi connectivity index (χ2n) is 6.37. The van der Waals surface area contributed by atoms with Gasteiger partial charge >= 0.3 is 0 Å². The van der Waals surface area contributed by atoms with E-state index >= 15 is 0 Å². The zero-order chi connectivity index (χ0) is 18.1. The summed E-state index contributed by atoms with van der Waals surface area (Å²) in [7, 11) is 0. The molecule has 0 fully saturated rings. The van der Waals surface area contributed by atoms with E-state index in [0.717, 1.165) is 16.3 Å². The normalized spacial score (nSPS) is 15.7. The minimum atomic E-state index is -0.518. The van der Waals surface area contributed by atoms with Crippen molar-refractivity contribution in [2.75, 3.05) is 10.6 Å². The van der Waals surface area contributed by atoms with Gasteiger partial charge in [0.1, 0.15) is 5.75 Å². The second-order valence-corrected chi connectivity index (χ2v) is 6.37. The van der Waals surface area contributed by atoms with Crippen molar-refractivity contribution in [1.82, 2.24) is 0 Å². The monoisotopic (exact) mass is 346 g/mol. The topological polar surface area (TPSA) is 67.4 Å². The molecule has 3 aromatic rings. The Bertz CT molecular complexity index is 1010. The van der Waals surface area contributed by atoms with Crippen LogP contribution in [0.25, 0.3) is 10.8 Å². The Morgan fingerprint density at radius 1 is 1.08 bits per heavy atom. The van der Waals surface area contributed by atoms with Gasteiger partial charge in [0.25, 0.3) is 5.91 Å². The number of ether oxygens (including phenoxy) is 1. The van der Waals surface area contributed by atoms with Gasteiger partial charge < -0.3 is 15.4 Å². The van der Waals surface area contributed by atoms with Gasteiger partial charge in [-0.05, 0) is 41.5 Å². The number of carbonyl (C=O) groups excluding carboxylic acids is 2. The lowest BCUT2D eigenvalue weighted by molar-refractivity contribution is -0.122. The van der Waals surface area contributed by atoms with Crippen LogP contribution >= 0.6 is 0 Å². The number of amides is 2. The lowest BCUT2D eigenvalue weighted by Crippen LogP contribution is -2.34. The first-order valence-electron chi connectivity index (χ1n) is 8.47. The zero-order valence-electron chi connectivity index (χ0n) is 14.3. The Balaban J connectivity index is 1.47. The summed E-state index contributed by atoms with van der Waals surface area (Å²) < 4.78 is 5.52. The highest BCUT2D eigenvalue weighted by Gasteiger charge is 2.23. The van der Waals surface area contributed by atoms with Crippen molar-refractivity contribution < 1.29 is 14.3 Å². The molecule has 0 spiro atoms. The van der Waals surface area contributed by atoms with Crippen LogP contribution in [-0.4, -0.2) is 17.9 Å². The van der Waals surface area contributed by atoms with Gasteiger partial charge in [0.05, 0.1) is 12.1 Å². The molecule has 2 N–H and O–H groups in total. The third-order valence-electron chi connectivity index (χ3n) is 4.37. The molecule has 3 aromatic carbocycles. The molecule has 4 rings (SSSR count). The molecule has 0 radical (unpaired) electrons. The first-order valence-corrected chi connectivity index (χ1v) is 8.47. The van der Waals surface area contributed by atoms with Gasteiger partial charge in [0.15, 0.2) is 6.10 Å². The van der Waals surface area contributed by atoms with Crippen molar-refractivity contribution in [2.45, 2.75) is 19.4 Å². The number of hydrogen-bond donors (Lipinski definition) is 2. The molecule has 0 aromatic heterocycles. The molecule has 1 aliphatic heterocycles. The van der Waals surface area contributed by atoms with Crippen molar-refractivity contribution in [3.8, 4) is 5.75 Å². The van der Waals surface area contributed by atoms with Crippen LogP contribution in [0.2, 0.25) is 0 Å². The van der Waals surface area contributed by atoms with E-state index in [2.05, 4.69) is 10.6 Å². The molecule has 5 nitrogen and oxygen atoms in total. The minimum Gasteiger partial charge on any atom is -0.479 e. The average molecular weight is 346 g/mol. The molecule has 26 heavy (non-hydrogen) atoms. The maximum absolute atomic E-state index is 12.4. The van der Waals surface area contributed by atoms with Gasteiger partial charge in [-0.3, -0.25) is 9.59 Å². The molecule has 0 unspecified atom stereocenters. The summed E-state index contributed by atoms with van der Waals surface area (Å²) in [6.07, 6.45) is -0.238. The summed E-state index contributed by atoms with van der Waals surface area (Å²) in [6, 6.07) is 19.3. The molecule has 1 aliphatic rings. The molecular formula is C21H18N2O3. The van der Waals surface area contributed by atoms with Crippen molar-refractivity contribution in [3.63, 3.8) is 0 Å². The SMILES string of the molecule is C[C@@H]1Oc2ccc(NC(=O)Cc3ccc4ccccc4c3)cc2NC1=O. The fraction of sp³-hybridized carbons (Fsp3) is 0.143. The van der Waals surface area contributed by atoms with Crippen LogP contribution in [-0.2, 0) is 16.0 Å². The van der Waals surface area contributed by atoms with Crippen LogP contribution in [0.5, 0.6) is 5.75 Å². The summed E-state index contributed by atoms with van der Waals surface area (Å²) in [4.78, 5) is 24.1. The molecule has 5 heteroatoms. The molecule has 0 aliphatic carbocycles. The number of carbonyl (C=O) groups is 2. The lowest BCUT2D eigenvalue weighted by atomic mass is 10.0. The summed E-state index contributed by atoms with van der Waals surface area (Å²) in [5.74, 6) is 0.290. The maximum atomic E-state index is 12.4. The van der Waals surface area contributed by atoms with E-state index in [9.17, 15) is 9.59 Å². The number of hydrogen-bond acceptors (Lipinski definition) is 3. The zero-order valence-corrected chi connectivity index (χ0v) is 14.3. The van der Waals surface area contributed by atoms with Gasteiger partial charge in [0.2, 0.25) is 5.91 Å². The number of nitrogens with one attached hydrogen (secondary N) is 2. The van der Waals surface area contributed by atoms with E-state index in [1.807, 2.05) is 42.5 Å². The second kappa shape index (κ2) is 6.52. The largest absolute Gasteiger partial charge is 0.479 e. The molecular weight excluding hydrogens is 328 g/mol. The van der Waals surface area contributed by atoms with E-state index in [1.165, 1.54) is 0 Å². The molecule has 0 saturated heterocycles. The number of rotatable bonds is 3. The summed E-state index contributed by atoms with van der Waals surface area (Å²) in [6.45, 7) is 1.69. The highest BCUT2D eigenvalue weighted by Crippen LogP contribution is 2.32. The third-order valence-corrected chi connectivity index (χ3v) is 4.37. The first kappa shape index (κ1) is 16.1. The summed E-state index contributed by atoms with van der Waals surface area (Å²) >= 11 is 0. The summed E-state index contributed by atoms with van der Waals surface area (Å²) in [5, 5.41) is 7.91. The average Bonchev–Trinajstić information content (AvgIpc) is 2.63. The van der Waals surface area contributed by atoms with Crippen LogP contribution in [0.4, 0.5) is 11.4 Å². The van der Waals surface area contributed by atoms with Crippen molar-refractivity contribution in [3.05, 3.63) is 66.2 Å². The Morgan fingerprint density at radius 3 is 2.73 bits per heavy atom. The van der Waals surface area contributed by atoms with Gasteiger partial charge in [-0.15, -0.1) is 0 Å². The van der Waals surface area contributed by atoms with E-state index < -0.39 is 6.10 Å². The van der Waals surface area contributed by atoms with Gasteiger partial charge in [0, 0.05) is 5.69 Å².